The van der Waals surface area contributed by atoms with Gasteiger partial charge in [-0.1, -0.05) is 0 Å². The predicted octanol–water partition coefficient (Wildman–Crippen LogP) is 2.98. The topological polar surface area (TPSA) is 139 Å². The number of pyridine rings is 1. The molecule has 208 valence electrons. The van der Waals surface area contributed by atoms with Crippen molar-refractivity contribution >= 4 is 33.0 Å². The molecule has 39 heavy (non-hydrogen) atoms. The van der Waals surface area contributed by atoms with Crippen LogP contribution in [-0.4, -0.2) is 77.2 Å². The molecule has 13 heteroatoms. The van der Waals surface area contributed by atoms with E-state index in [1.54, 1.807) is 36.9 Å². The van der Waals surface area contributed by atoms with Crippen LogP contribution in [0.2, 0.25) is 0 Å². The van der Waals surface area contributed by atoms with Crippen LogP contribution in [-0.2, 0) is 16.4 Å². The lowest BCUT2D eigenvalue weighted by atomic mass is 9.73. The van der Waals surface area contributed by atoms with Crippen LogP contribution in [0, 0.1) is 5.92 Å². The highest BCUT2D eigenvalue weighted by Crippen LogP contribution is 2.35. The summed E-state index contributed by atoms with van der Waals surface area (Å²) in [6.07, 6.45) is 10.2. The van der Waals surface area contributed by atoms with E-state index in [-0.39, 0.29) is 23.1 Å². The number of hydrogen-bond donors (Lipinski definition) is 2. The van der Waals surface area contributed by atoms with Crippen LogP contribution in [0.15, 0.2) is 36.9 Å². The van der Waals surface area contributed by atoms with E-state index in [9.17, 15) is 13.2 Å². The number of ether oxygens (including phenoxy) is 1. The van der Waals surface area contributed by atoms with Crippen LogP contribution in [0.1, 0.15) is 48.1 Å². The van der Waals surface area contributed by atoms with E-state index < -0.39 is 10.0 Å². The highest BCUT2D eigenvalue weighted by atomic mass is 32.2. The van der Waals surface area contributed by atoms with Crippen molar-refractivity contribution in [2.75, 3.05) is 25.4 Å². The molecule has 0 radical (unpaired) electrons. The summed E-state index contributed by atoms with van der Waals surface area (Å²) < 4.78 is 32.9. The fourth-order valence-corrected chi connectivity index (χ4v) is 6.78. The first-order valence-electron chi connectivity index (χ1n) is 13.1. The molecular formula is C26H33N7O4S2. The zero-order chi connectivity index (χ0) is 27.6. The van der Waals surface area contributed by atoms with Gasteiger partial charge in [0.1, 0.15) is 5.69 Å². The zero-order valence-electron chi connectivity index (χ0n) is 22.2. The number of anilines is 1. The van der Waals surface area contributed by atoms with Gasteiger partial charge in [0.2, 0.25) is 15.9 Å². The first kappa shape index (κ1) is 27.4. The van der Waals surface area contributed by atoms with Crippen molar-refractivity contribution in [1.29, 1.82) is 0 Å². The first-order chi connectivity index (χ1) is 18.7. The largest absolute Gasteiger partial charge is 0.477 e. The SMILES string of the molecule is CCOc1cncc(-c2cnc(C(=O)N[C@H](Cc3cc(NS(=O)(=O)C4CC4)ccn3)C3CC(N(C)C)C3)s2)n1. The summed E-state index contributed by atoms with van der Waals surface area (Å²) in [6.45, 7) is 2.36. The van der Waals surface area contributed by atoms with Crippen molar-refractivity contribution in [3.8, 4) is 16.5 Å². The number of sulfonamides is 1. The van der Waals surface area contributed by atoms with Crippen molar-refractivity contribution in [1.82, 2.24) is 30.2 Å². The molecule has 3 aromatic heterocycles. The van der Waals surface area contributed by atoms with E-state index >= 15 is 0 Å². The first-order valence-corrected chi connectivity index (χ1v) is 15.4. The number of rotatable bonds is 12. The summed E-state index contributed by atoms with van der Waals surface area (Å²) in [5.41, 5.74) is 1.81. The monoisotopic (exact) mass is 571 g/mol. The van der Waals surface area contributed by atoms with E-state index in [1.807, 2.05) is 6.92 Å². The second-order valence-corrected chi connectivity index (χ2v) is 13.2. The third kappa shape index (κ3) is 6.71. The van der Waals surface area contributed by atoms with E-state index in [1.165, 1.54) is 11.3 Å². The third-order valence-corrected chi connectivity index (χ3v) is 9.98. The van der Waals surface area contributed by atoms with Gasteiger partial charge in [0.15, 0.2) is 5.01 Å². The zero-order valence-corrected chi connectivity index (χ0v) is 23.8. The van der Waals surface area contributed by atoms with Crippen molar-refractivity contribution in [2.45, 2.75) is 56.4 Å². The maximum Gasteiger partial charge on any atom is 0.280 e. The molecule has 1 atom stereocenters. The van der Waals surface area contributed by atoms with Gasteiger partial charge >= 0.3 is 0 Å². The fraction of sp³-hybridized carbons (Fsp3) is 0.500. The smallest absolute Gasteiger partial charge is 0.280 e. The molecule has 2 aliphatic carbocycles. The van der Waals surface area contributed by atoms with Crippen LogP contribution in [0.25, 0.3) is 10.6 Å². The normalized spacial score (nSPS) is 19.8. The van der Waals surface area contributed by atoms with Gasteiger partial charge in [-0.2, -0.15) is 0 Å². The highest BCUT2D eigenvalue weighted by Gasteiger charge is 2.38. The van der Waals surface area contributed by atoms with Gasteiger partial charge in [0.05, 0.1) is 34.8 Å². The summed E-state index contributed by atoms with van der Waals surface area (Å²) >= 11 is 1.25. The van der Waals surface area contributed by atoms with Gasteiger partial charge in [-0.3, -0.25) is 19.5 Å². The Morgan fingerprint density at radius 3 is 2.72 bits per heavy atom. The molecule has 0 spiro atoms. The number of carbonyl (C=O) groups is 1. The Morgan fingerprint density at radius 2 is 2.00 bits per heavy atom. The minimum atomic E-state index is -3.37. The minimum Gasteiger partial charge on any atom is -0.477 e. The summed E-state index contributed by atoms with van der Waals surface area (Å²) in [6, 6.07) is 3.70. The van der Waals surface area contributed by atoms with Crippen LogP contribution in [0.3, 0.4) is 0 Å². The molecule has 5 rings (SSSR count). The highest BCUT2D eigenvalue weighted by molar-refractivity contribution is 7.93. The van der Waals surface area contributed by atoms with Gasteiger partial charge < -0.3 is 15.0 Å². The Bertz CT molecular complexity index is 1420. The number of nitrogens with zero attached hydrogens (tertiary/aromatic N) is 5. The molecule has 0 aromatic carbocycles. The van der Waals surface area contributed by atoms with Gasteiger partial charge in [-0.15, -0.1) is 11.3 Å². The van der Waals surface area contributed by atoms with Gasteiger partial charge in [0.25, 0.3) is 5.91 Å². The maximum absolute atomic E-state index is 13.3. The van der Waals surface area contributed by atoms with Crippen molar-refractivity contribution in [3.05, 3.63) is 47.6 Å². The maximum atomic E-state index is 13.3. The fourth-order valence-electron chi connectivity index (χ4n) is 4.63. The molecule has 2 fully saturated rings. The molecule has 2 saturated carbocycles. The second kappa shape index (κ2) is 11.5. The minimum absolute atomic E-state index is 0.176. The Balaban J connectivity index is 1.30. The lowest BCUT2D eigenvalue weighted by Crippen LogP contribution is -2.51. The molecular weight excluding hydrogens is 538 g/mol. The van der Waals surface area contributed by atoms with Crippen LogP contribution in [0.5, 0.6) is 5.88 Å². The second-order valence-electron chi connectivity index (χ2n) is 10.2. The van der Waals surface area contributed by atoms with Gasteiger partial charge in [-0.05, 0) is 64.8 Å². The number of nitrogens with one attached hydrogen (secondary N) is 2. The molecule has 0 saturated heterocycles. The van der Waals surface area contributed by atoms with Crippen LogP contribution >= 0.6 is 11.3 Å². The molecule has 2 N–H and O–H groups in total. The Morgan fingerprint density at radius 1 is 1.21 bits per heavy atom. The molecule has 3 aromatic rings. The molecule has 0 aliphatic heterocycles. The quantitative estimate of drug-likeness (QED) is 0.336. The number of hydrogen-bond acceptors (Lipinski definition) is 10. The Hall–Kier alpha value is -3.16. The molecule has 11 nitrogen and oxygen atoms in total. The Labute approximate surface area is 232 Å². The van der Waals surface area contributed by atoms with E-state index in [0.717, 1.165) is 17.7 Å². The third-order valence-electron chi connectivity index (χ3n) is 7.09. The molecule has 2 aliphatic rings. The van der Waals surface area contributed by atoms with Gasteiger partial charge in [-0.25, -0.2) is 18.4 Å². The standard InChI is InChI=1S/C26H33N7O4S2/c1-4-37-24-15-27-13-22(30-24)23-14-29-26(38-23)25(34)31-21(16-9-19(10-16)33(2)3)12-18-11-17(7-8-28-18)32-39(35,36)20-5-6-20/h7-8,11,13-16,19-21H,4-6,9-10,12H2,1-3H3,(H,28,32)(H,31,34)/t16?,19?,21-/m1/s1. The summed E-state index contributed by atoms with van der Waals surface area (Å²) in [5.74, 6) is 0.427. The lowest BCUT2D eigenvalue weighted by molar-refractivity contribution is 0.0764. The van der Waals surface area contributed by atoms with Crippen molar-refractivity contribution in [3.63, 3.8) is 0 Å². The van der Waals surface area contributed by atoms with Crippen LogP contribution < -0.4 is 14.8 Å². The number of thiazole rings is 1. The summed E-state index contributed by atoms with van der Waals surface area (Å²) in [5, 5.41) is 3.21. The van der Waals surface area contributed by atoms with Crippen LogP contribution in [0.4, 0.5) is 5.69 Å². The van der Waals surface area contributed by atoms with Gasteiger partial charge in [0, 0.05) is 36.6 Å². The predicted molar refractivity (Wildman–Crippen MR) is 149 cm³/mol. The molecule has 1 amide bonds. The van der Waals surface area contributed by atoms with E-state index in [0.29, 0.717) is 59.9 Å². The number of carbonyl (C=O) groups excluding carboxylic acids is 1. The average molecular weight is 572 g/mol. The molecule has 3 heterocycles. The van der Waals surface area contributed by atoms with E-state index in [2.05, 4.69) is 49.0 Å². The molecule has 0 bridgehead atoms. The van der Waals surface area contributed by atoms with E-state index in [4.69, 9.17) is 4.74 Å². The lowest BCUT2D eigenvalue weighted by Gasteiger charge is -2.43. The Kier molecular flexibility index (Phi) is 8.10. The summed E-state index contributed by atoms with van der Waals surface area (Å²) in [4.78, 5) is 33.7. The molecule has 0 unspecified atom stereocenters. The van der Waals surface area contributed by atoms with Crippen molar-refractivity contribution < 1.29 is 17.9 Å². The summed E-state index contributed by atoms with van der Waals surface area (Å²) in [7, 11) is 0.752. The number of aromatic nitrogens is 4. The average Bonchev–Trinajstić information content (AvgIpc) is 3.61. The number of amides is 1. The van der Waals surface area contributed by atoms with Crippen molar-refractivity contribution in [2.24, 2.45) is 5.92 Å².